The smallest absolute Gasteiger partial charge is 0.0545 e. The lowest BCUT2D eigenvalue weighted by Gasteiger charge is -2.28. The van der Waals surface area contributed by atoms with Gasteiger partial charge in [-0.1, -0.05) is 33.6 Å². The number of hydrogen-bond donors (Lipinski definition) is 1. The number of aliphatic hydroxyl groups excluding tert-OH is 1. The standard InChI is InChI=1S/C12H24O/c1-4-10(5-2)8-12(3)7-6-11(13)9-12/h10-11,13H,4-9H2,1-3H3. The minimum Gasteiger partial charge on any atom is -0.393 e. The Morgan fingerprint density at radius 2 is 2.00 bits per heavy atom. The molecule has 0 aromatic carbocycles. The molecule has 1 saturated carbocycles. The molecule has 0 amide bonds. The van der Waals surface area contributed by atoms with E-state index >= 15 is 0 Å². The van der Waals surface area contributed by atoms with Crippen LogP contribution in [0.4, 0.5) is 0 Å². The highest BCUT2D eigenvalue weighted by atomic mass is 16.3. The van der Waals surface area contributed by atoms with Crippen LogP contribution in [0.2, 0.25) is 0 Å². The number of aliphatic hydroxyl groups is 1. The van der Waals surface area contributed by atoms with Gasteiger partial charge in [-0.2, -0.15) is 0 Å². The van der Waals surface area contributed by atoms with Gasteiger partial charge >= 0.3 is 0 Å². The molecule has 2 atom stereocenters. The minimum atomic E-state index is -0.0145. The molecule has 0 aliphatic heterocycles. The van der Waals surface area contributed by atoms with Crippen molar-refractivity contribution in [1.82, 2.24) is 0 Å². The van der Waals surface area contributed by atoms with E-state index in [-0.39, 0.29) is 6.10 Å². The predicted octanol–water partition coefficient (Wildman–Crippen LogP) is 3.36. The van der Waals surface area contributed by atoms with Crippen molar-refractivity contribution in [3.05, 3.63) is 0 Å². The Balaban J connectivity index is 2.42. The summed E-state index contributed by atoms with van der Waals surface area (Å²) in [5, 5.41) is 9.52. The zero-order valence-electron chi connectivity index (χ0n) is 9.34. The van der Waals surface area contributed by atoms with Crippen LogP contribution in [0.25, 0.3) is 0 Å². The zero-order valence-corrected chi connectivity index (χ0v) is 9.34. The molecule has 0 aromatic heterocycles. The first kappa shape index (κ1) is 11.0. The highest BCUT2D eigenvalue weighted by Crippen LogP contribution is 2.43. The second-order valence-electron chi connectivity index (χ2n) is 5.09. The fourth-order valence-electron chi connectivity index (χ4n) is 2.75. The maximum Gasteiger partial charge on any atom is 0.0545 e. The summed E-state index contributed by atoms with van der Waals surface area (Å²) in [6.45, 7) is 6.91. The summed E-state index contributed by atoms with van der Waals surface area (Å²) < 4.78 is 0. The molecule has 78 valence electrons. The molecule has 0 spiro atoms. The van der Waals surface area contributed by atoms with Crippen LogP contribution in [0.5, 0.6) is 0 Å². The minimum absolute atomic E-state index is 0.0145. The van der Waals surface area contributed by atoms with Crippen LogP contribution in [0.1, 0.15) is 59.3 Å². The molecular formula is C12H24O. The predicted molar refractivity (Wildman–Crippen MR) is 56.7 cm³/mol. The van der Waals surface area contributed by atoms with Crippen LogP contribution in [-0.4, -0.2) is 11.2 Å². The van der Waals surface area contributed by atoms with Gasteiger partial charge < -0.3 is 5.11 Å². The Labute approximate surface area is 82.5 Å². The van der Waals surface area contributed by atoms with Crippen molar-refractivity contribution in [2.24, 2.45) is 11.3 Å². The summed E-state index contributed by atoms with van der Waals surface area (Å²) in [5.74, 6) is 0.871. The molecule has 2 unspecified atom stereocenters. The van der Waals surface area contributed by atoms with E-state index < -0.39 is 0 Å². The lowest BCUT2D eigenvalue weighted by atomic mass is 9.78. The van der Waals surface area contributed by atoms with Gasteiger partial charge in [0.1, 0.15) is 0 Å². The third-order valence-electron chi connectivity index (χ3n) is 3.75. The van der Waals surface area contributed by atoms with Gasteiger partial charge in [0.05, 0.1) is 6.10 Å². The van der Waals surface area contributed by atoms with Crippen molar-refractivity contribution in [2.75, 3.05) is 0 Å². The lowest BCUT2D eigenvalue weighted by Crippen LogP contribution is -2.18. The summed E-state index contributed by atoms with van der Waals surface area (Å²) in [4.78, 5) is 0. The van der Waals surface area contributed by atoms with E-state index in [2.05, 4.69) is 20.8 Å². The summed E-state index contributed by atoms with van der Waals surface area (Å²) in [5.41, 5.74) is 0.441. The van der Waals surface area contributed by atoms with Crippen molar-refractivity contribution in [1.29, 1.82) is 0 Å². The first-order valence-corrected chi connectivity index (χ1v) is 5.77. The Kier molecular flexibility index (Phi) is 3.78. The van der Waals surface area contributed by atoms with Crippen molar-refractivity contribution < 1.29 is 5.11 Å². The summed E-state index contributed by atoms with van der Waals surface area (Å²) in [6, 6.07) is 0. The van der Waals surface area contributed by atoms with E-state index in [1.807, 2.05) is 0 Å². The van der Waals surface area contributed by atoms with Crippen molar-refractivity contribution in [3.63, 3.8) is 0 Å². The molecule has 1 nitrogen and oxygen atoms in total. The molecule has 1 fully saturated rings. The average Bonchev–Trinajstić information content (AvgIpc) is 2.43. The lowest BCUT2D eigenvalue weighted by molar-refractivity contribution is 0.151. The van der Waals surface area contributed by atoms with Crippen molar-refractivity contribution in [3.8, 4) is 0 Å². The SMILES string of the molecule is CCC(CC)CC1(C)CCC(O)C1. The van der Waals surface area contributed by atoms with Gasteiger partial charge in [0.25, 0.3) is 0 Å². The summed E-state index contributed by atoms with van der Waals surface area (Å²) in [6.07, 6.45) is 7.17. The largest absolute Gasteiger partial charge is 0.393 e. The maximum absolute atomic E-state index is 9.52. The molecule has 0 aromatic rings. The van der Waals surface area contributed by atoms with Gasteiger partial charge in [0, 0.05) is 0 Å². The van der Waals surface area contributed by atoms with Gasteiger partial charge in [-0.15, -0.1) is 0 Å². The Hall–Kier alpha value is -0.0400. The normalized spacial score (nSPS) is 34.4. The maximum atomic E-state index is 9.52. The molecule has 1 aliphatic rings. The van der Waals surface area contributed by atoms with Crippen LogP contribution < -0.4 is 0 Å². The molecule has 1 aliphatic carbocycles. The van der Waals surface area contributed by atoms with Crippen LogP contribution in [-0.2, 0) is 0 Å². The Bertz CT molecular complexity index is 151. The van der Waals surface area contributed by atoms with Crippen LogP contribution in [0.3, 0.4) is 0 Å². The fourth-order valence-corrected chi connectivity index (χ4v) is 2.75. The van der Waals surface area contributed by atoms with E-state index in [9.17, 15) is 5.11 Å². The number of rotatable bonds is 4. The molecule has 13 heavy (non-hydrogen) atoms. The van der Waals surface area contributed by atoms with E-state index in [0.717, 1.165) is 18.8 Å². The number of hydrogen-bond acceptors (Lipinski definition) is 1. The molecule has 0 saturated heterocycles. The molecular weight excluding hydrogens is 160 g/mol. The molecule has 1 heteroatoms. The second-order valence-corrected chi connectivity index (χ2v) is 5.09. The van der Waals surface area contributed by atoms with Crippen molar-refractivity contribution >= 4 is 0 Å². The van der Waals surface area contributed by atoms with E-state index in [4.69, 9.17) is 0 Å². The topological polar surface area (TPSA) is 20.2 Å². The Morgan fingerprint density at radius 1 is 1.38 bits per heavy atom. The molecule has 0 heterocycles. The van der Waals surface area contributed by atoms with Crippen LogP contribution in [0, 0.1) is 11.3 Å². The quantitative estimate of drug-likeness (QED) is 0.710. The third kappa shape index (κ3) is 2.98. The highest BCUT2D eigenvalue weighted by molar-refractivity contribution is 4.86. The van der Waals surface area contributed by atoms with Crippen molar-refractivity contribution in [2.45, 2.75) is 65.4 Å². The van der Waals surface area contributed by atoms with Gasteiger partial charge in [-0.3, -0.25) is 0 Å². The van der Waals surface area contributed by atoms with E-state index in [0.29, 0.717) is 5.41 Å². The van der Waals surface area contributed by atoms with Gasteiger partial charge in [-0.25, -0.2) is 0 Å². The van der Waals surface area contributed by atoms with E-state index in [1.54, 1.807) is 0 Å². The first-order chi connectivity index (χ1) is 6.09. The van der Waals surface area contributed by atoms with Gasteiger partial charge in [-0.05, 0) is 37.0 Å². The highest BCUT2D eigenvalue weighted by Gasteiger charge is 2.35. The Morgan fingerprint density at radius 3 is 2.38 bits per heavy atom. The molecule has 1 N–H and O–H groups in total. The zero-order chi connectivity index (χ0) is 9.90. The summed E-state index contributed by atoms with van der Waals surface area (Å²) >= 11 is 0. The fraction of sp³-hybridized carbons (Fsp3) is 1.00. The third-order valence-corrected chi connectivity index (χ3v) is 3.75. The van der Waals surface area contributed by atoms with E-state index in [1.165, 1.54) is 25.7 Å². The molecule has 0 bridgehead atoms. The first-order valence-electron chi connectivity index (χ1n) is 5.77. The molecule has 1 rings (SSSR count). The average molecular weight is 184 g/mol. The van der Waals surface area contributed by atoms with Crippen LogP contribution >= 0.6 is 0 Å². The van der Waals surface area contributed by atoms with Crippen LogP contribution in [0.15, 0.2) is 0 Å². The molecule has 0 radical (unpaired) electrons. The van der Waals surface area contributed by atoms with Gasteiger partial charge in [0.2, 0.25) is 0 Å². The summed E-state index contributed by atoms with van der Waals surface area (Å²) in [7, 11) is 0. The second kappa shape index (κ2) is 4.45. The van der Waals surface area contributed by atoms with Gasteiger partial charge in [0.15, 0.2) is 0 Å². The monoisotopic (exact) mass is 184 g/mol.